The molecule has 2 rings (SSSR count). The molecule has 0 atom stereocenters. The Morgan fingerprint density at radius 1 is 1.24 bits per heavy atom. The van der Waals surface area contributed by atoms with E-state index in [-0.39, 0.29) is 16.8 Å². The summed E-state index contributed by atoms with van der Waals surface area (Å²) in [5.74, 6) is 0.164. The van der Waals surface area contributed by atoms with Gasteiger partial charge in [-0.15, -0.1) is 0 Å². The van der Waals surface area contributed by atoms with Crippen molar-refractivity contribution in [1.82, 2.24) is 5.32 Å². The lowest BCUT2D eigenvalue weighted by atomic mass is 10.0. The average Bonchev–Trinajstić information content (AvgIpc) is 2.85. The second-order valence-electron chi connectivity index (χ2n) is 4.75. The number of amides is 1. The zero-order valence-corrected chi connectivity index (χ0v) is 14.0. The molecule has 0 aliphatic carbocycles. The highest BCUT2D eigenvalue weighted by Gasteiger charge is 2.13. The molecule has 6 heteroatoms. The van der Waals surface area contributed by atoms with Crippen molar-refractivity contribution in [1.29, 1.82) is 0 Å². The second-order valence-corrected chi connectivity index (χ2v) is 5.94. The first-order chi connectivity index (χ1) is 9.97. The van der Waals surface area contributed by atoms with Gasteiger partial charge in [0.2, 0.25) is 0 Å². The van der Waals surface area contributed by atoms with Crippen LogP contribution in [0.15, 0.2) is 45.5 Å². The van der Waals surface area contributed by atoms with Crippen molar-refractivity contribution in [2.24, 2.45) is 0 Å². The van der Waals surface area contributed by atoms with Gasteiger partial charge in [0, 0.05) is 5.69 Å². The van der Waals surface area contributed by atoms with Crippen molar-refractivity contribution in [3.05, 3.63) is 52.4 Å². The molecule has 0 aliphatic heterocycles. The molecule has 0 aliphatic rings. The van der Waals surface area contributed by atoms with E-state index in [1.54, 1.807) is 12.1 Å². The molecule has 0 saturated heterocycles. The van der Waals surface area contributed by atoms with E-state index >= 15 is 0 Å². The number of thiocarbonyl (C=S) groups is 1. The van der Waals surface area contributed by atoms with Gasteiger partial charge in [-0.05, 0) is 57.8 Å². The summed E-state index contributed by atoms with van der Waals surface area (Å²) in [6.07, 6.45) is 0. The zero-order valence-electron chi connectivity index (χ0n) is 11.6. The van der Waals surface area contributed by atoms with Gasteiger partial charge in [-0.3, -0.25) is 10.1 Å². The molecule has 1 aromatic carbocycles. The van der Waals surface area contributed by atoms with Crippen LogP contribution < -0.4 is 10.6 Å². The Bertz CT molecular complexity index is 667. The predicted molar refractivity (Wildman–Crippen MR) is 90.6 cm³/mol. The highest BCUT2D eigenvalue weighted by Crippen LogP contribution is 2.23. The highest BCUT2D eigenvalue weighted by atomic mass is 79.9. The maximum atomic E-state index is 11.9. The molecule has 1 amide bonds. The minimum absolute atomic E-state index is 0.197. The minimum Gasteiger partial charge on any atom is -0.444 e. The van der Waals surface area contributed by atoms with E-state index in [1.165, 1.54) is 0 Å². The number of hydrogen-bond donors (Lipinski definition) is 2. The maximum absolute atomic E-state index is 11.9. The number of carbonyl (C=O) groups excluding carboxylic acids is 1. The van der Waals surface area contributed by atoms with E-state index < -0.39 is 0 Å². The van der Waals surface area contributed by atoms with Gasteiger partial charge >= 0.3 is 0 Å². The Labute approximate surface area is 137 Å². The van der Waals surface area contributed by atoms with Crippen LogP contribution in [-0.4, -0.2) is 11.0 Å². The fourth-order valence-electron chi connectivity index (χ4n) is 1.87. The molecule has 4 nitrogen and oxygen atoms in total. The first-order valence-corrected chi connectivity index (χ1v) is 7.64. The summed E-state index contributed by atoms with van der Waals surface area (Å²) < 4.78 is 5.67. The van der Waals surface area contributed by atoms with Crippen molar-refractivity contribution in [2.45, 2.75) is 19.8 Å². The quantitative estimate of drug-likeness (QED) is 0.795. The number of anilines is 1. The van der Waals surface area contributed by atoms with Crippen LogP contribution in [0.2, 0.25) is 0 Å². The Morgan fingerprint density at radius 2 is 1.95 bits per heavy atom. The van der Waals surface area contributed by atoms with Gasteiger partial charge in [-0.1, -0.05) is 32.0 Å². The third kappa shape index (κ3) is 4.15. The first kappa shape index (κ1) is 15.7. The van der Waals surface area contributed by atoms with E-state index in [1.807, 2.05) is 24.3 Å². The summed E-state index contributed by atoms with van der Waals surface area (Å²) in [4.78, 5) is 11.9. The molecule has 0 radical (unpaired) electrons. The molecule has 0 bridgehead atoms. The van der Waals surface area contributed by atoms with Gasteiger partial charge in [0.25, 0.3) is 5.91 Å². The number of hydrogen-bond acceptors (Lipinski definition) is 3. The Hall–Kier alpha value is -1.66. The lowest BCUT2D eigenvalue weighted by molar-refractivity contribution is 0.0949. The van der Waals surface area contributed by atoms with Crippen molar-refractivity contribution < 1.29 is 9.21 Å². The second kappa shape index (κ2) is 6.87. The van der Waals surface area contributed by atoms with Crippen LogP contribution in [0.5, 0.6) is 0 Å². The van der Waals surface area contributed by atoms with E-state index in [9.17, 15) is 4.79 Å². The Kier molecular flexibility index (Phi) is 5.14. The van der Waals surface area contributed by atoms with Gasteiger partial charge in [0.05, 0.1) is 0 Å². The summed E-state index contributed by atoms with van der Waals surface area (Å²) >= 11 is 8.32. The summed E-state index contributed by atoms with van der Waals surface area (Å²) in [7, 11) is 0. The topological polar surface area (TPSA) is 54.3 Å². The molecule has 21 heavy (non-hydrogen) atoms. The molecule has 2 N–H and O–H groups in total. The summed E-state index contributed by atoms with van der Waals surface area (Å²) in [6, 6.07) is 11.1. The molecule has 0 spiro atoms. The van der Waals surface area contributed by atoms with Crippen molar-refractivity contribution in [2.75, 3.05) is 5.32 Å². The SMILES string of the molecule is CC(C)c1ccccc1NC(=S)NC(=O)c1ccc(Br)o1. The Morgan fingerprint density at radius 3 is 2.57 bits per heavy atom. The van der Waals surface area contributed by atoms with Crippen LogP contribution in [-0.2, 0) is 0 Å². The van der Waals surface area contributed by atoms with E-state index in [0.717, 1.165) is 11.3 Å². The molecule has 0 saturated carbocycles. The van der Waals surface area contributed by atoms with Crippen LogP contribution >= 0.6 is 28.1 Å². The monoisotopic (exact) mass is 366 g/mol. The van der Waals surface area contributed by atoms with Crippen LogP contribution in [0.25, 0.3) is 0 Å². The number of benzene rings is 1. The van der Waals surface area contributed by atoms with Gasteiger partial charge in [0.15, 0.2) is 15.5 Å². The largest absolute Gasteiger partial charge is 0.444 e. The van der Waals surface area contributed by atoms with Gasteiger partial charge in [-0.25, -0.2) is 0 Å². The van der Waals surface area contributed by atoms with Crippen molar-refractivity contribution in [3.8, 4) is 0 Å². The Balaban J connectivity index is 2.04. The molecular weight excluding hydrogens is 352 g/mol. The highest BCUT2D eigenvalue weighted by molar-refractivity contribution is 9.10. The number of nitrogens with one attached hydrogen (secondary N) is 2. The molecular formula is C15H15BrN2O2S. The average molecular weight is 367 g/mol. The standard InChI is InChI=1S/C15H15BrN2O2S/c1-9(2)10-5-3-4-6-11(10)17-15(21)18-14(19)12-7-8-13(16)20-12/h3-9H,1-2H3,(H2,17,18,19,21). The van der Waals surface area contributed by atoms with Crippen molar-refractivity contribution >= 4 is 44.9 Å². The van der Waals surface area contributed by atoms with E-state index in [4.69, 9.17) is 16.6 Å². The van der Waals surface area contributed by atoms with Gasteiger partial charge in [-0.2, -0.15) is 0 Å². The van der Waals surface area contributed by atoms with Crippen LogP contribution in [0.3, 0.4) is 0 Å². The minimum atomic E-state index is -0.389. The summed E-state index contributed by atoms with van der Waals surface area (Å²) in [5.41, 5.74) is 2.02. The van der Waals surface area contributed by atoms with Crippen LogP contribution in [0.1, 0.15) is 35.9 Å². The smallest absolute Gasteiger partial charge is 0.293 e. The van der Waals surface area contributed by atoms with Gasteiger partial charge < -0.3 is 9.73 Å². The zero-order chi connectivity index (χ0) is 15.4. The molecule has 2 aromatic rings. The molecule has 0 unspecified atom stereocenters. The lowest BCUT2D eigenvalue weighted by Crippen LogP contribution is -2.34. The van der Waals surface area contributed by atoms with E-state index in [2.05, 4.69) is 40.4 Å². The normalized spacial score (nSPS) is 10.5. The molecule has 1 aromatic heterocycles. The molecule has 0 fully saturated rings. The van der Waals surface area contributed by atoms with Gasteiger partial charge in [0.1, 0.15) is 0 Å². The summed E-state index contributed by atoms with van der Waals surface area (Å²) in [5, 5.41) is 5.87. The fourth-order valence-corrected chi connectivity index (χ4v) is 2.38. The first-order valence-electron chi connectivity index (χ1n) is 6.44. The molecule has 110 valence electrons. The summed E-state index contributed by atoms with van der Waals surface area (Å²) in [6.45, 7) is 4.20. The van der Waals surface area contributed by atoms with E-state index in [0.29, 0.717) is 10.6 Å². The van der Waals surface area contributed by atoms with Crippen molar-refractivity contribution in [3.63, 3.8) is 0 Å². The maximum Gasteiger partial charge on any atom is 0.293 e. The van der Waals surface area contributed by atoms with Crippen LogP contribution in [0.4, 0.5) is 5.69 Å². The third-order valence-corrected chi connectivity index (χ3v) is 3.49. The lowest BCUT2D eigenvalue weighted by Gasteiger charge is -2.15. The fraction of sp³-hybridized carbons (Fsp3) is 0.200. The van der Waals surface area contributed by atoms with Crippen LogP contribution in [0, 0.1) is 0 Å². The number of furan rings is 1. The number of halogens is 1. The third-order valence-electron chi connectivity index (χ3n) is 2.86. The predicted octanol–water partition coefficient (Wildman–Crippen LogP) is 4.29. The molecule has 1 heterocycles. The number of para-hydroxylation sites is 1. The number of rotatable bonds is 3. The number of carbonyl (C=O) groups is 1.